The number of likely N-dealkylation sites (tertiary alicyclic amines) is 1. The number of nitrogens with zero attached hydrogens (tertiary/aromatic N) is 1. The Morgan fingerprint density at radius 2 is 2.05 bits per heavy atom. The maximum absolute atomic E-state index is 14.3. The lowest BCUT2D eigenvalue weighted by molar-refractivity contribution is -0.137. The van der Waals surface area contributed by atoms with Crippen molar-refractivity contribution >= 4 is 12.0 Å². The number of alkyl halides is 1. The van der Waals surface area contributed by atoms with Gasteiger partial charge in [-0.05, 0) is 27.7 Å². The monoisotopic (exact) mass is 275 g/mol. The standard InChI is InChI=1S/C12H22FN3O3/c1-8-7-12(13,9(17)15-14)5-6-16(8)10(18)19-11(2,3)4/h8H,5-7,14H2,1-4H3,(H,15,17)/t8-,12-/m0/s1. The quantitative estimate of drug-likeness (QED) is 0.426. The van der Waals surface area contributed by atoms with Crippen LogP contribution < -0.4 is 11.3 Å². The second-order valence-electron chi connectivity index (χ2n) is 5.92. The lowest BCUT2D eigenvalue weighted by Gasteiger charge is -2.40. The molecule has 0 aromatic rings. The lowest BCUT2D eigenvalue weighted by Crippen LogP contribution is -2.57. The summed E-state index contributed by atoms with van der Waals surface area (Å²) in [6.45, 7) is 7.10. The molecule has 1 aliphatic rings. The van der Waals surface area contributed by atoms with E-state index in [9.17, 15) is 14.0 Å². The van der Waals surface area contributed by atoms with Crippen molar-refractivity contribution in [2.45, 2.75) is 57.8 Å². The smallest absolute Gasteiger partial charge is 0.410 e. The van der Waals surface area contributed by atoms with Gasteiger partial charge in [0.2, 0.25) is 0 Å². The van der Waals surface area contributed by atoms with E-state index < -0.39 is 29.3 Å². The van der Waals surface area contributed by atoms with Crippen molar-refractivity contribution in [3.05, 3.63) is 0 Å². The highest BCUT2D eigenvalue weighted by atomic mass is 19.1. The number of nitrogens with one attached hydrogen (secondary N) is 1. The van der Waals surface area contributed by atoms with E-state index in [4.69, 9.17) is 10.6 Å². The van der Waals surface area contributed by atoms with Crippen LogP contribution in [0.3, 0.4) is 0 Å². The number of nitrogens with two attached hydrogens (primary N) is 1. The fraction of sp³-hybridized carbons (Fsp3) is 0.833. The van der Waals surface area contributed by atoms with Crippen LogP contribution in [0.4, 0.5) is 9.18 Å². The molecule has 3 N–H and O–H groups in total. The predicted octanol–water partition coefficient (Wildman–Crippen LogP) is 1.10. The van der Waals surface area contributed by atoms with Crippen LogP contribution >= 0.6 is 0 Å². The minimum absolute atomic E-state index is 0.0837. The molecule has 0 unspecified atom stereocenters. The summed E-state index contributed by atoms with van der Waals surface area (Å²) >= 11 is 0. The molecule has 0 spiro atoms. The summed E-state index contributed by atoms with van der Waals surface area (Å²) in [7, 11) is 0. The molecule has 7 heteroatoms. The van der Waals surface area contributed by atoms with Crippen LogP contribution in [0.2, 0.25) is 0 Å². The summed E-state index contributed by atoms with van der Waals surface area (Å²) in [4.78, 5) is 24.8. The highest BCUT2D eigenvalue weighted by Gasteiger charge is 2.46. The molecule has 110 valence electrons. The molecule has 0 aromatic carbocycles. The molecule has 1 heterocycles. The molecule has 0 aliphatic carbocycles. The highest BCUT2D eigenvalue weighted by molar-refractivity contribution is 5.85. The molecule has 2 atom stereocenters. The summed E-state index contributed by atoms with van der Waals surface area (Å²) in [5.41, 5.74) is -0.793. The first kappa shape index (κ1) is 15.7. The minimum Gasteiger partial charge on any atom is -0.444 e. The average molecular weight is 275 g/mol. The average Bonchev–Trinajstić information content (AvgIpc) is 2.25. The number of carbonyl (C=O) groups excluding carboxylic acids is 2. The van der Waals surface area contributed by atoms with Crippen molar-refractivity contribution in [3.8, 4) is 0 Å². The van der Waals surface area contributed by atoms with E-state index in [0.29, 0.717) is 0 Å². The summed E-state index contributed by atoms with van der Waals surface area (Å²) in [6.07, 6.45) is -0.662. The summed E-state index contributed by atoms with van der Waals surface area (Å²) in [5.74, 6) is 4.12. The van der Waals surface area contributed by atoms with Crippen molar-refractivity contribution in [2.24, 2.45) is 5.84 Å². The number of amides is 2. The Balaban J connectivity index is 2.70. The zero-order valence-electron chi connectivity index (χ0n) is 11.8. The van der Waals surface area contributed by atoms with E-state index in [2.05, 4.69) is 0 Å². The van der Waals surface area contributed by atoms with Crippen molar-refractivity contribution in [1.82, 2.24) is 10.3 Å². The number of hydrogen-bond donors (Lipinski definition) is 2. The topological polar surface area (TPSA) is 84.7 Å². The number of hydrazine groups is 1. The molecule has 2 amide bonds. The second-order valence-corrected chi connectivity index (χ2v) is 5.92. The molecule has 1 saturated heterocycles. The van der Waals surface area contributed by atoms with Gasteiger partial charge in [0, 0.05) is 25.4 Å². The largest absolute Gasteiger partial charge is 0.444 e. The predicted molar refractivity (Wildman–Crippen MR) is 67.8 cm³/mol. The van der Waals surface area contributed by atoms with Gasteiger partial charge in [0.25, 0.3) is 5.91 Å². The molecule has 0 radical (unpaired) electrons. The molecular weight excluding hydrogens is 253 g/mol. The lowest BCUT2D eigenvalue weighted by atomic mass is 9.88. The van der Waals surface area contributed by atoms with Gasteiger partial charge in [0.05, 0.1) is 0 Å². The second kappa shape index (κ2) is 5.32. The fourth-order valence-corrected chi connectivity index (χ4v) is 2.13. The molecule has 0 aromatic heterocycles. The van der Waals surface area contributed by atoms with E-state index in [1.807, 2.05) is 5.43 Å². The van der Waals surface area contributed by atoms with Crippen molar-refractivity contribution in [3.63, 3.8) is 0 Å². The highest BCUT2D eigenvalue weighted by Crippen LogP contribution is 2.31. The first-order chi connectivity index (χ1) is 8.59. The van der Waals surface area contributed by atoms with Gasteiger partial charge in [-0.3, -0.25) is 10.2 Å². The van der Waals surface area contributed by atoms with Gasteiger partial charge in [-0.1, -0.05) is 0 Å². The Labute approximate surface area is 112 Å². The van der Waals surface area contributed by atoms with Crippen molar-refractivity contribution in [2.75, 3.05) is 6.54 Å². The van der Waals surface area contributed by atoms with Gasteiger partial charge in [-0.15, -0.1) is 0 Å². The fourth-order valence-electron chi connectivity index (χ4n) is 2.13. The third-order valence-electron chi connectivity index (χ3n) is 3.07. The van der Waals surface area contributed by atoms with E-state index >= 15 is 0 Å². The van der Waals surface area contributed by atoms with Crippen LogP contribution in [0.5, 0.6) is 0 Å². The number of carbonyl (C=O) groups is 2. The summed E-state index contributed by atoms with van der Waals surface area (Å²) < 4.78 is 19.6. The summed E-state index contributed by atoms with van der Waals surface area (Å²) in [5, 5.41) is 0. The third-order valence-corrected chi connectivity index (χ3v) is 3.07. The third kappa shape index (κ3) is 3.79. The van der Waals surface area contributed by atoms with Gasteiger partial charge >= 0.3 is 6.09 Å². The van der Waals surface area contributed by atoms with E-state index in [0.717, 1.165) is 0 Å². The molecule has 1 fully saturated rings. The normalized spacial score (nSPS) is 27.9. The molecule has 0 saturated carbocycles. The zero-order valence-corrected chi connectivity index (χ0v) is 11.8. The Hall–Kier alpha value is -1.37. The zero-order chi connectivity index (χ0) is 14.8. The van der Waals surface area contributed by atoms with Crippen molar-refractivity contribution in [1.29, 1.82) is 0 Å². The Morgan fingerprint density at radius 1 is 1.47 bits per heavy atom. The maximum Gasteiger partial charge on any atom is 0.410 e. The van der Waals surface area contributed by atoms with Crippen LogP contribution in [-0.4, -0.2) is 40.8 Å². The van der Waals surface area contributed by atoms with Crippen LogP contribution in [0.1, 0.15) is 40.5 Å². The SMILES string of the molecule is C[C@H]1C[C@](F)(C(=O)NN)CCN1C(=O)OC(C)(C)C. The van der Waals surface area contributed by atoms with Gasteiger partial charge < -0.3 is 9.64 Å². The summed E-state index contributed by atoms with van der Waals surface area (Å²) in [6, 6.07) is -0.425. The Kier molecular flexibility index (Phi) is 4.39. The number of rotatable bonds is 1. The van der Waals surface area contributed by atoms with Crippen LogP contribution in [0.15, 0.2) is 0 Å². The van der Waals surface area contributed by atoms with E-state index in [-0.39, 0.29) is 19.4 Å². The van der Waals surface area contributed by atoms with Crippen molar-refractivity contribution < 1.29 is 18.7 Å². The first-order valence-electron chi connectivity index (χ1n) is 6.28. The number of piperidine rings is 1. The first-order valence-corrected chi connectivity index (χ1v) is 6.28. The number of ether oxygens (including phenoxy) is 1. The van der Waals surface area contributed by atoms with Gasteiger partial charge in [0.1, 0.15) is 5.60 Å². The van der Waals surface area contributed by atoms with Gasteiger partial charge in [-0.25, -0.2) is 15.0 Å². The van der Waals surface area contributed by atoms with Crippen LogP contribution in [-0.2, 0) is 9.53 Å². The van der Waals surface area contributed by atoms with Gasteiger partial charge in [0.15, 0.2) is 5.67 Å². The Bertz CT molecular complexity index is 370. The molecule has 1 rings (SSSR count). The number of halogens is 1. The van der Waals surface area contributed by atoms with Gasteiger partial charge in [-0.2, -0.15) is 0 Å². The Morgan fingerprint density at radius 3 is 2.47 bits per heavy atom. The maximum atomic E-state index is 14.3. The molecular formula is C12H22FN3O3. The number of hydrogen-bond acceptors (Lipinski definition) is 4. The van der Waals surface area contributed by atoms with Crippen LogP contribution in [0.25, 0.3) is 0 Å². The van der Waals surface area contributed by atoms with E-state index in [1.54, 1.807) is 27.7 Å². The minimum atomic E-state index is -2.02. The molecule has 6 nitrogen and oxygen atoms in total. The molecule has 0 bridgehead atoms. The molecule has 19 heavy (non-hydrogen) atoms. The van der Waals surface area contributed by atoms with Crippen LogP contribution in [0, 0.1) is 0 Å². The molecule has 1 aliphatic heterocycles. The van der Waals surface area contributed by atoms with E-state index in [1.165, 1.54) is 4.90 Å².